The Morgan fingerprint density at radius 2 is 1.83 bits per heavy atom. The number of nitro groups is 1. The van der Waals surface area contributed by atoms with Crippen LogP contribution in [0.1, 0.15) is 66.5 Å². The molecule has 9 nitrogen and oxygen atoms in total. The van der Waals surface area contributed by atoms with Gasteiger partial charge in [0.25, 0.3) is 0 Å². The maximum Gasteiger partial charge on any atom is 0.411 e. The Labute approximate surface area is 208 Å². The zero-order chi connectivity index (χ0) is 26.6. The number of aryl methyl sites for hydroxylation is 1. The summed E-state index contributed by atoms with van der Waals surface area (Å²) in [7, 11) is 0. The molecule has 2 rings (SSSR count). The van der Waals surface area contributed by atoms with Gasteiger partial charge < -0.3 is 19.3 Å². The van der Waals surface area contributed by atoms with Crippen LogP contribution in [0, 0.1) is 15.5 Å². The molecular formula is C26H42N2O7. The maximum absolute atomic E-state index is 13.2. The van der Waals surface area contributed by atoms with E-state index in [1.54, 1.807) is 27.7 Å². The lowest BCUT2D eigenvalue weighted by Crippen LogP contribution is -2.65. The highest BCUT2D eigenvalue weighted by molar-refractivity contribution is 5.69. The van der Waals surface area contributed by atoms with E-state index < -0.39 is 47.1 Å². The molecule has 1 aliphatic heterocycles. The van der Waals surface area contributed by atoms with Crippen molar-refractivity contribution >= 4 is 6.09 Å². The topological polar surface area (TPSA) is 111 Å². The minimum absolute atomic E-state index is 0.0369. The zero-order valence-electron chi connectivity index (χ0n) is 22.3. The van der Waals surface area contributed by atoms with Gasteiger partial charge in [-0.3, -0.25) is 15.0 Å². The van der Waals surface area contributed by atoms with E-state index >= 15 is 0 Å². The maximum atomic E-state index is 13.2. The number of benzene rings is 1. The van der Waals surface area contributed by atoms with Crippen molar-refractivity contribution in [2.24, 2.45) is 5.41 Å². The standard InChI is InChI=1S/C26H42N2O7/c1-9-18-12-10-11-13-19(18)14-20(28(31)32)22(29)21-15-33-23(34-16-25(3,4)5)17(2)27(21)24(30)35-26(6,7)8/h10-13,17,20-23,29H,9,14-16H2,1-8H3/t17-,20-,21+,22-,23-/m0/s1. The number of carbonyl (C=O) groups is 1. The minimum atomic E-state index is -1.48. The molecule has 0 radical (unpaired) electrons. The molecular weight excluding hydrogens is 452 g/mol. The molecule has 1 heterocycles. The highest BCUT2D eigenvalue weighted by atomic mass is 16.7. The van der Waals surface area contributed by atoms with Gasteiger partial charge in [0.1, 0.15) is 11.7 Å². The van der Waals surface area contributed by atoms with Crippen molar-refractivity contribution in [1.29, 1.82) is 0 Å². The number of morpholine rings is 1. The molecule has 1 saturated heterocycles. The van der Waals surface area contributed by atoms with Crippen LogP contribution < -0.4 is 0 Å². The molecule has 9 heteroatoms. The van der Waals surface area contributed by atoms with Crippen molar-refractivity contribution in [3.8, 4) is 0 Å². The van der Waals surface area contributed by atoms with Gasteiger partial charge in [-0.15, -0.1) is 0 Å². The highest BCUT2D eigenvalue weighted by Gasteiger charge is 2.48. The van der Waals surface area contributed by atoms with Crippen LogP contribution in [0.2, 0.25) is 0 Å². The van der Waals surface area contributed by atoms with E-state index in [1.807, 2.05) is 52.0 Å². The Hall–Kier alpha value is -2.23. The fourth-order valence-corrected chi connectivity index (χ4v) is 4.15. The fraction of sp³-hybridized carbons (Fsp3) is 0.731. The van der Waals surface area contributed by atoms with E-state index in [0.29, 0.717) is 6.61 Å². The summed E-state index contributed by atoms with van der Waals surface area (Å²) in [5, 5.41) is 23.4. The molecule has 198 valence electrons. The number of hydrogen-bond acceptors (Lipinski definition) is 7. The van der Waals surface area contributed by atoms with Gasteiger partial charge in [-0.05, 0) is 50.7 Å². The Morgan fingerprint density at radius 1 is 1.23 bits per heavy atom. The van der Waals surface area contributed by atoms with Crippen LogP contribution in [0.3, 0.4) is 0 Å². The van der Waals surface area contributed by atoms with Crippen LogP contribution in [-0.4, -0.2) is 70.4 Å². The summed E-state index contributed by atoms with van der Waals surface area (Å²) < 4.78 is 17.5. The van der Waals surface area contributed by atoms with Crippen molar-refractivity contribution in [2.45, 2.75) is 104 Å². The molecule has 5 atom stereocenters. The minimum Gasteiger partial charge on any atom is -0.444 e. The normalized spacial score (nSPS) is 23.0. The third kappa shape index (κ3) is 8.15. The van der Waals surface area contributed by atoms with Crippen molar-refractivity contribution < 1.29 is 29.0 Å². The molecule has 0 aliphatic carbocycles. The van der Waals surface area contributed by atoms with Gasteiger partial charge in [-0.25, -0.2) is 4.79 Å². The number of amides is 1. The smallest absolute Gasteiger partial charge is 0.411 e. The van der Waals surface area contributed by atoms with Crippen molar-refractivity contribution in [3.63, 3.8) is 0 Å². The predicted octanol–water partition coefficient (Wildman–Crippen LogP) is 4.21. The van der Waals surface area contributed by atoms with Crippen LogP contribution in [0.4, 0.5) is 4.79 Å². The lowest BCUT2D eigenvalue weighted by Gasteiger charge is -2.46. The average Bonchev–Trinajstić information content (AvgIpc) is 2.74. The molecule has 1 fully saturated rings. The summed E-state index contributed by atoms with van der Waals surface area (Å²) in [6, 6.07) is 4.54. The first kappa shape index (κ1) is 29.0. The summed E-state index contributed by atoms with van der Waals surface area (Å²) in [5.74, 6) is 0. The largest absolute Gasteiger partial charge is 0.444 e. The predicted molar refractivity (Wildman–Crippen MR) is 133 cm³/mol. The summed E-state index contributed by atoms with van der Waals surface area (Å²) in [4.78, 5) is 26.2. The molecule has 0 aromatic heterocycles. The van der Waals surface area contributed by atoms with Gasteiger partial charge in [0.05, 0.1) is 25.3 Å². The van der Waals surface area contributed by atoms with Crippen molar-refractivity contribution in [2.75, 3.05) is 13.2 Å². The van der Waals surface area contributed by atoms with Gasteiger partial charge in [0.15, 0.2) is 6.29 Å². The third-order valence-corrected chi connectivity index (χ3v) is 5.89. The van der Waals surface area contributed by atoms with Crippen LogP contribution in [-0.2, 0) is 27.1 Å². The van der Waals surface area contributed by atoms with Crippen LogP contribution >= 0.6 is 0 Å². The Morgan fingerprint density at radius 3 is 2.34 bits per heavy atom. The molecule has 1 aliphatic rings. The number of hydrogen-bond donors (Lipinski definition) is 1. The van der Waals surface area contributed by atoms with Gasteiger partial charge in [0, 0.05) is 11.3 Å². The first-order valence-corrected chi connectivity index (χ1v) is 12.3. The van der Waals surface area contributed by atoms with E-state index in [4.69, 9.17) is 14.2 Å². The average molecular weight is 495 g/mol. The summed E-state index contributed by atoms with van der Waals surface area (Å²) in [5.41, 5.74) is 0.879. The van der Waals surface area contributed by atoms with Crippen LogP contribution in [0.25, 0.3) is 0 Å². The van der Waals surface area contributed by atoms with Gasteiger partial charge in [-0.1, -0.05) is 52.0 Å². The quantitative estimate of drug-likeness (QED) is 0.426. The van der Waals surface area contributed by atoms with E-state index in [2.05, 4.69) is 0 Å². The molecule has 1 amide bonds. The zero-order valence-corrected chi connectivity index (χ0v) is 22.3. The number of nitrogens with zero attached hydrogens (tertiary/aromatic N) is 2. The van der Waals surface area contributed by atoms with E-state index in [1.165, 1.54) is 4.90 Å². The molecule has 0 spiro atoms. The van der Waals surface area contributed by atoms with E-state index in [9.17, 15) is 20.0 Å². The van der Waals surface area contributed by atoms with Crippen molar-refractivity contribution in [1.82, 2.24) is 4.90 Å². The monoisotopic (exact) mass is 494 g/mol. The molecule has 35 heavy (non-hydrogen) atoms. The Balaban J connectivity index is 2.35. The molecule has 1 N–H and O–H groups in total. The number of rotatable bonds is 8. The second-order valence-electron chi connectivity index (χ2n) is 11.4. The van der Waals surface area contributed by atoms with Gasteiger partial charge in [0.2, 0.25) is 6.04 Å². The van der Waals surface area contributed by atoms with E-state index in [-0.39, 0.29) is 18.4 Å². The first-order valence-electron chi connectivity index (χ1n) is 12.3. The lowest BCUT2D eigenvalue weighted by molar-refractivity contribution is -0.536. The van der Waals surface area contributed by atoms with Crippen molar-refractivity contribution in [3.05, 3.63) is 45.5 Å². The number of ether oxygens (including phenoxy) is 3. The third-order valence-electron chi connectivity index (χ3n) is 5.89. The second-order valence-corrected chi connectivity index (χ2v) is 11.4. The molecule has 1 aromatic rings. The number of aliphatic hydroxyl groups excluding tert-OH is 1. The fourth-order valence-electron chi connectivity index (χ4n) is 4.15. The SMILES string of the molecule is CCc1ccccc1C[C@@H]([C@H](O)[C@H]1CO[C@@H](OCC(C)(C)C)[C@H](C)N1C(=O)OC(C)(C)C)[N+](=O)[O-]. The molecule has 0 bridgehead atoms. The highest BCUT2D eigenvalue weighted by Crippen LogP contribution is 2.29. The van der Waals surface area contributed by atoms with Gasteiger partial charge in [-0.2, -0.15) is 0 Å². The lowest BCUT2D eigenvalue weighted by atomic mass is 9.92. The summed E-state index contributed by atoms with van der Waals surface area (Å²) >= 11 is 0. The van der Waals surface area contributed by atoms with Crippen LogP contribution in [0.5, 0.6) is 0 Å². The molecule has 0 saturated carbocycles. The molecule has 0 unspecified atom stereocenters. The Kier molecular flexibility index (Phi) is 9.67. The summed E-state index contributed by atoms with van der Waals surface area (Å²) in [6.45, 7) is 15.3. The first-order chi connectivity index (χ1) is 16.1. The number of carbonyl (C=O) groups excluding carboxylic acids is 1. The molecule has 1 aromatic carbocycles. The Bertz CT molecular complexity index is 862. The van der Waals surface area contributed by atoms with Crippen LogP contribution in [0.15, 0.2) is 24.3 Å². The van der Waals surface area contributed by atoms with Gasteiger partial charge >= 0.3 is 6.09 Å². The summed E-state index contributed by atoms with van der Waals surface area (Å²) in [6.07, 6.45) is -2.14. The van der Waals surface area contributed by atoms with E-state index in [0.717, 1.165) is 17.5 Å². The number of aliphatic hydroxyl groups is 1. The second kappa shape index (κ2) is 11.7.